The first kappa shape index (κ1) is 14.4. The van der Waals surface area contributed by atoms with Gasteiger partial charge in [0.15, 0.2) is 5.13 Å². The molecule has 2 aromatic rings. The molecule has 0 bridgehead atoms. The second kappa shape index (κ2) is 5.03. The van der Waals surface area contributed by atoms with Gasteiger partial charge in [0.05, 0.1) is 28.9 Å². The van der Waals surface area contributed by atoms with Gasteiger partial charge in [0, 0.05) is 25.1 Å². The summed E-state index contributed by atoms with van der Waals surface area (Å²) in [5.74, 6) is 0.866. The second-order valence-corrected chi connectivity index (χ2v) is 7.65. The number of nitrogens with one attached hydrogen (secondary N) is 1. The topological polar surface area (TPSA) is 57.7 Å². The number of carbonyl (C=O) groups is 1. The van der Waals surface area contributed by atoms with E-state index in [-0.39, 0.29) is 12.1 Å². The predicted octanol–water partition coefficient (Wildman–Crippen LogP) is 1.78. The zero-order valence-electron chi connectivity index (χ0n) is 13.2. The van der Waals surface area contributed by atoms with Crippen molar-refractivity contribution in [3.8, 4) is 5.75 Å². The van der Waals surface area contributed by atoms with Crippen molar-refractivity contribution in [1.82, 2.24) is 15.2 Å². The molecule has 0 radical (unpaired) electrons. The summed E-state index contributed by atoms with van der Waals surface area (Å²) in [6.07, 6.45) is -0.265. The van der Waals surface area contributed by atoms with Crippen LogP contribution in [0.4, 0.5) is 14.3 Å². The van der Waals surface area contributed by atoms with Crippen LogP contribution in [0, 0.1) is 0 Å². The van der Waals surface area contributed by atoms with Gasteiger partial charge >= 0.3 is 6.03 Å². The van der Waals surface area contributed by atoms with E-state index in [0.717, 1.165) is 28.0 Å². The van der Waals surface area contributed by atoms with E-state index < -0.39 is 12.2 Å². The normalized spacial score (nSPS) is 29.5. The Kier molecular flexibility index (Phi) is 3.02. The number of piperidine rings is 1. The van der Waals surface area contributed by atoms with Gasteiger partial charge in [0.25, 0.3) is 0 Å². The fourth-order valence-electron chi connectivity index (χ4n) is 3.99. The van der Waals surface area contributed by atoms with Crippen molar-refractivity contribution in [1.29, 1.82) is 0 Å². The first-order chi connectivity index (χ1) is 11.6. The van der Waals surface area contributed by atoms with Crippen LogP contribution >= 0.6 is 11.3 Å². The van der Waals surface area contributed by atoms with Gasteiger partial charge in [-0.2, -0.15) is 0 Å². The maximum absolute atomic E-state index is 14.7. The van der Waals surface area contributed by atoms with Crippen LogP contribution in [0.25, 0.3) is 10.2 Å². The highest BCUT2D eigenvalue weighted by atomic mass is 32.1. The Bertz CT molecular complexity index is 841. The largest absolute Gasteiger partial charge is 0.493 e. The summed E-state index contributed by atoms with van der Waals surface area (Å²) < 4.78 is 21.2. The number of anilines is 1. The number of likely N-dealkylation sites (tertiary alicyclic amines) is 1. The summed E-state index contributed by atoms with van der Waals surface area (Å²) in [7, 11) is 1.87. The molecule has 126 valence electrons. The first-order valence-corrected chi connectivity index (χ1v) is 8.91. The third-order valence-corrected chi connectivity index (χ3v) is 6.05. The number of hydrogen-bond acceptors (Lipinski definition) is 5. The van der Waals surface area contributed by atoms with E-state index in [4.69, 9.17) is 4.74 Å². The van der Waals surface area contributed by atoms with Crippen LogP contribution in [0.15, 0.2) is 12.1 Å². The van der Waals surface area contributed by atoms with Gasteiger partial charge in [-0.1, -0.05) is 11.3 Å². The van der Waals surface area contributed by atoms with Crippen molar-refractivity contribution in [3.05, 3.63) is 17.7 Å². The smallest absolute Gasteiger partial charge is 0.324 e. The third kappa shape index (κ3) is 1.96. The Hall–Kier alpha value is -1.93. The van der Waals surface area contributed by atoms with E-state index in [1.807, 2.05) is 24.1 Å². The Morgan fingerprint density at radius 3 is 3.17 bits per heavy atom. The van der Waals surface area contributed by atoms with E-state index >= 15 is 0 Å². The maximum Gasteiger partial charge on any atom is 0.324 e. The number of thiazole rings is 1. The van der Waals surface area contributed by atoms with Crippen molar-refractivity contribution < 1.29 is 13.9 Å². The number of halogens is 1. The van der Waals surface area contributed by atoms with E-state index in [1.165, 1.54) is 16.2 Å². The van der Waals surface area contributed by atoms with Gasteiger partial charge in [-0.3, -0.25) is 4.90 Å². The van der Waals surface area contributed by atoms with Gasteiger partial charge in [0.1, 0.15) is 11.9 Å². The average molecular weight is 348 g/mol. The molecule has 8 heteroatoms. The lowest BCUT2D eigenvalue weighted by molar-refractivity contribution is 0.128. The van der Waals surface area contributed by atoms with E-state index in [0.29, 0.717) is 24.8 Å². The van der Waals surface area contributed by atoms with Crippen LogP contribution in [0.3, 0.4) is 0 Å². The summed E-state index contributed by atoms with van der Waals surface area (Å²) in [5.41, 5.74) is 1.97. The number of fused-ring (bicyclic) bond motifs is 4. The molecule has 4 heterocycles. The van der Waals surface area contributed by atoms with Crippen LogP contribution in [0.2, 0.25) is 0 Å². The molecule has 6 nitrogen and oxygen atoms in total. The maximum atomic E-state index is 14.7. The molecule has 0 spiro atoms. The number of likely N-dealkylation sites (N-methyl/N-ethyl adjacent to an activating group) is 1. The number of alkyl halides is 1. The molecule has 24 heavy (non-hydrogen) atoms. The molecule has 1 aromatic carbocycles. The van der Waals surface area contributed by atoms with E-state index in [1.54, 1.807) is 0 Å². The highest BCUT2D eigenvalue weighted by Crippen LogP contribution is 2.40. The fraction of sp³-hybridized carbons (Fsp3) is 0.500. The number of carbonyl (C=O) groups excluding carboxylic acids is 1. The third-order valence-electron chi connectivity index (χ3n) is 5.03. The molecule has 1 N–H and O–H groups in total. The van der Waals surface area contributed by atoms with Crippen LogP contribution < -0.4 is 15.0 Å². The number of ether oxygens (including phenoxy) is 1. The molecule has 0 unspecified atom stereocenters. The summed E-state index contributed by atoms with van der Waals surface area (Å²) in [5, 5.41) is 3.48. The summed E-state index contributed by atoms with van der Waals surface area (Å²) in [6, 6.07) is 2.97. The number of benzene rings is 1. The Balaban J connectivity index is 1.58. The van der Waals surface area contributed by atoms with Crippen LogP contribution in [0.5, 0.6) is 5.75 Å². The van der Waals surface area contributed by atoms with Crippen LogP contribution in [-0.4, -0.2) is 60.9 Å². The zero-order valence-corrected chi connectivity index (χ0v) is 14.0. The molecule has 1 aromatic heterocycles. The van der Waals surface area contributed by atoms with Gasteiger partial charge in [-0.25, -0.2) is 14.2 Å². The minimum atomic E-state index is -1.09. The van der Waals surface area contributed by atoms with Crippen LogP contribution in [0.1, 0.15) is 5.56 Å². The highest BCUT2D eigenvalue weighted by Gasteiger charge is 2.49. The summed E-state index contributed by atoms with van der Waals surface area (Å²) in [4.78, 5) is 20.6. The van der Waals surface area contributed by atoms with Crippen molar-refractivity contribution in [2.45, 2.75) is 24.7 Å². The lowest BCUT2D eigenvalue weighted by Crippen LogP contribution is -2.57. The Morgan fingerprint density at radius 2 is 2.29 bits per heavy atom. The number of hydrogen-bond donors (Lipinski definition) is 1. The van der Waals surface area contributed by atoms with Crippen molar-refractivity contribution in [3.63, 3.8) is 0 Å². The number of nitrogens with zero attached hydrogens (tertiary/aromatic N) is 3. The van der Waals surface area contributed by atoms with Crippen LogP contribution in [-0.2, 0) is 6.42 Å². The van der Waals surface area contributed by atoms with Crippen molar-refractivity contribution in [2.24, 2.45) is 0 Å². The first-order valence-electron chi connectivity index (χ1n) is 8.09. The van der Waals surface area contributed by atoms with Crippen molar-refractivity contribution >= 4 is 32.7 Å². The van der Waals surface area contributed by atoms with Gasteiger partial charge in [-0.15, -0.1) is 0 Å². The van der Waals surface area contributed by atoms with Crippen molar-refractivity contribution in [2.75, 3.05) is 31.6 Å². The molecule has 0 aliphatic carbocycles. The number of aromatic nitrogens is 1. The van der Waals surface area contributed by atoms with E-state index in [9.17, 15) is 9.18 Å². The SMILES string of the molecule is CN1C[C@@H]2NC(=O)N(c3nc4c5c(ccc4s3)OCC5)[C@@H]2[C@@H](F)C1. The summed E-state index contributed by atoms with van der Waals surface area (Å²) >= 11 is 1.44. The molecule has 0 saturated carbocycles. The van der Waals surface area contributed by atoms with E-state index in [2.05, 4.69) is 10.3 Å². The summed E-state index contributed by atoms with van der Waals surface area (Å²) in [6.45, 7) is 1.65. The molecule has 2 saturated heterocycles. The number of amides is 2. The zero-order chi connectivity index (χ0) is 16.4. The molecular formula is C16H17FN4O2S. The average Bonchev–Trinajstić information content (AvgIpc) is 3.20. The van der Waals surface area contributed by atoms with Gasteiger partial charge in [-0.05, 0) is 19.2 Å². The molecular weight excluding hydrogens is 331 g/mol. The molecule has 2 fully saturated rings. The number of rotatable bonds is 1. The van der Waals surface area contributed by atoms with Gasteiger partial charge in [0.2, 0.25) is 0 Å². The fourth-order valence-corrected chi connectivity index (χ4v) is 5.03. The molecule has 5 rings (SSSR count). The lowest BCUT2D eigenvalue weighted by Gasteiger charge is -2.36. The lowest BCUT2D eigenvalue weighted by atomic mass is 9.99. The minimum absolute atomic E-state index is 0.202. The highest BCUT2D eigenvalue weighted by molar-refractivity contribution is 7.22. The minimum Gasteiger partial charge on any atom is -0.493 e. The quantitative estimate of drug-likeness (QED) is 0.854. The monoisotopic (exact) mass is 348 g/mol. The predicted molar refractivity (Wildman–Crippen MR) is 89.8 cm³/mol. The Morgan fingerprint density at radius 1 is 1.42 bits per heavy atom. The molecule has 2 amide bonds. The molecule has 3 aliphatic rings. The molecule has 3 aliphatic heterocycles. The second-order valence-electron chi connectivity index (χ2n) is 6.64. The standard InChI is InChI=1S/C16H17FN4O2S/c1-20-6-9(17)14-10(7-20)18-15(22)21(14)16-19-13-8-4-5-23-11(8)2-3-12(13)24-16/h2-3,9-10,14H,4-7H2,1H3,(H,18,22)/t9-,10-,14+/m0/s1. The molecule has 3 atom stereocenters. The Labute approximate surface area is 142 Å². The van der Waals surface area contributed by atoms with Gasteiger partial charge < -0.3 is 15.0 Å². The number of urea groups is 1.